The summed E-state index contributed by atoms with van der Waals surface area (Å²) in [5.74, 6) is 1.13. The van der Waals surface area contributed by atoms with Crippen LogP contribution in [-0.2, 0) is 50.0 Å². The van der Waals surface area contributed by atoms with Crippen molar-refractivity contribution in [3.8, 4) is 28.3 Å². The maximum Gasteiger partial charge on any atom is 0.255 e. The van der Waals surface area contributed by atoms with Gasteiger partial charge in [0.25, 0.3) is 5.91 Å². The number of aromatic nitrogens is 3. The van der Waals surface area contributed by atoms with Gasteiger partial charge in [0.05, 0.1) is 36.6 Å². The van der Waals surface area contributed by atoms with Gasteiger partial charge in [-0.2, -0.15) is 0 Å². The van der Waals surface area contributed by atoms with Crippen molar-refractivity contribution in [2.24, 2.45) is 0 Å². The van der Waals surface area contributed by atoms with E-state index < -0.39 is 11.9 Å². The number of nitrogens with one attached hydrogen (secondary N) is 1. The fraction of sp³-hybridized carbons (Fsp3) is 0.396. The Bertz CT molecular complexity index is 2620. The number of ether oxygens (including phenoxy) is 2. The number of carbonyl (C=O) groups excluding carboxylic acids is 5. The molecular weight excluding hydrogens is 787 g/mol. The number of hydrogen-bond donors (Lipinski definition) is 1. The summed E-state index contributed by atoms with van der Waals surface area (Å²) in [6.45, 7) is 6.34. The minimum atomic E-state index is -0.708. The third kappa shape index (κ3) is 7.50. The van der Waals surface area contributed by atoms with Crippen LogP contribution in [0, 0.1) is 0 Å². The molecule has 0 bridgehead atoms. The molecular formula is C48H49N7O7. The predicted molar refractivity (Wildman–Crippen MR) is 229 cm³/mol. The summed E-state index contributed by atoms with van der Waals surface area (Å²) in [6, 6.07) is 21.0. The van der Waals surface area contributed by atoms with Crippen LogP contribution in [0.5, 0.6) is 5.75 Å². The van der Waals surface area contributed by atoms with Crippen LogP contribution in [0.25, 0.3) is 33.3 Å². The number of likely N-dealkylation sites (tertiary alicyclic amines) is 1. The summed E-state index contributed by atoms with van der Waals surface area (Å²) >= 11 is 0. The number of rotatable bonds is 8. The van der Waals surface area contributed by atoms with Gasteiger partial charge in [0.15, 0.2) is 0 Å². The zero-order valence-corrected chi connectivity index (χ0v) is 34.8. The van der Waals surface area contributed by atoms with Gasteiger partial charge in [-0.05, 0) is 85.0 Å². The first-order valence-electron chi connectivity index (χ1n) is 21.8. The zero-order valence-electron chi connectivity index (χ0n) is 34.8. The van der Waals surface area contributed by atoms with E-state index in [9.17, 15) is 24.0 Å². The first-order valence-corrected chi connectivity index (χ1v) is 21.8. The molecule has 0 aliphatic carbocycles. The van der Waals surface area contributed by atoms with Crippen molar-refractivity contribution < 1.29 is 33.4 Å². The van der Waals surface area contributed by atoms with Crippen LogP contribution in [0.1, 0.15) is 84.4 Å². The third-order valence-corrected chi connectivity index (χ3v) is 13.3. The number of imide groups is 1. The first kappa shape index (κ1) is 39.7. The molecule has 5 amide bonds. The molecule has 14 heteroatoms. The summed E-state index contributed by atoms with van der Waals surface area (Å²) < 4.78 is 14.5. The van der Waals surface area contributed by atoms with Crippen LogP contribution in [0.4, 0.5) is 0 Å². The van der Waals surface area contributed by atoms with Gasteiger partial charge in [0, 0.05) is 86.9 Å². The summed E-state index contributed by atoms with van der Waals surface area (Å²) in [7, 11) is 0. The molecule has 0 spiro atoms. The molecule has 5 aliphatic heterocycles. The van der Waals surface area contributed by atoms with E-state index in [0.29, 0.717) is 43.4 Å². The van der Waals surface area contributed by atoms with Crippen molar-refractivity contribution in [1.82, 2.24) is 34.6 Å². The van der Waals surface area contributed by atoms with E-state index in [1.165, 1.54) is 4.90 Å². The third-order valence-electron chi connectivity index (χ3n) is 13.3. The second-order valence-corrected chi connectivity index (χ2v) is 17.1. The Balaban J connectivity index is 0.813. The van der Waals surface area contributed by atoms with E-state index in [2.05, 4.69) is 34.1 Å². The topological polar surface area (TPSA) is 156 Å². The van der Waals surface area contributed by atoms with E-state index >= 15 is 0 Å². The van der Waals surface area contributed by atoms with E-state index in [-0.39, 0.29) is 55.5 Å². The molecule has 7 heterocycles. The Morgan fingerprint density at radius 3 is 2.50 bits per heavy atom. The average molecular weight is 836 g/mol. The van der Waals surface area contributed by atoms with Gasteiger partial charge in [0.2, 0.25) is 23.6 Å². The summed E-state index contributed by atoms with van der Waals surface area (Å²) in [6.07, 6.45) is 5.87. The molecule has 3 fully saturated rings. The highest BCUT2D eigenvalue weighted by Gasteiger charge is 2.40. The highest BCUT2D eigenvalue weighted by Crippen LogP contribution is 2.38. The van der Waals surface area contributed by atoms with Crippen molar-refractivity contribution in [3.05, 3.63) is 101 Å². The molecule has 3 aromatic carbocycles. The first-order chi connectivity index (χ1) is 30.2. The van der Waals surface area contributed by atoms with Crippen LogP contribution in [0.15, 0.2) is 72.9 Å². The zero-order chi connectivity index (χ0) is 42.5. The molecule has 2 atom stereocenters. The molecule has 1 N–H and O–H groups in total. The SMILES string of the molecule is CC(=O)N1CCn2c(C3CCOCC3)nc(-c3cccc4cc(-c5ccc(O[C@@H]6CCCN(C(=O)Cc7cccc8c7CN(C7CCC(=O)NC7=O)C8=O)C6)cc5)ncc34)c2C1. The second kappa shape index (κ2) is 16.5. The maximum absolute atomic E-state index is 13.7. The van der Waals surface area contributed by atoms with Crippen LogP contribution in [0.2, 0.25) is 0 Å². The van der Waals surface area contributed by atoms with Gasteiger partial charge < -0.3 is 28.7 Å². The molecule has 318 valence electrons. The van der Waals surface area contributed by atoms with Gasteiger partial charge in [-0.1, -0.05) is 30.3 Å². The van der Waals surface area contributed by atoms with Crippen molar-refractivity contribution >= 4 is 40.3 Å². The number of benzene rings is 3. The smallest absolute Gasteiger partial charge is 0.255 e. The number of amides is 5. The molecule has 3 saturated heterocycles. The largest absolute Gasteiger partial charge is 0.489 e. The van der Waals surface area contributed by atoms with Gasteiger partial charge in [-0.25, -0.2) is 4.98 Å². The molecule has 1 unspecified atom stereocenters. The molecule has 10 rings (SSSR count). The Morgan fingerprint density at radius 1 is 0.887 bits per heavy atom. The van der Waals surface area contributed by atoms with Crippen LogP contribution in [-0.4, -0.2) is 104 Å². The lowest BCUT2D eigenvalue weighted by atomic mass is 9.99. The lowest BCUT2D eigenvalue weighted by Crippen LogP contribution is -2.52. The van der Waals surface area contributed by atoms with Crippen molar-refractivity contribution in [2.75, 3.05) is 32.8 Å². The summed E-state index contributed by atoms with van der Waals surface area (Å²) in [5, 5.41) is 4.40. The van der Waals surface area contributed by atoms with E-state index in [1.54, 1.807) is 19.1 Å². The van der Waals surface area contributed by atoms with Crippen LogP contribution < -0.4 is 10.1 Å². The molecule has 62 heavy (non-hydrogen) atoms. The lowest BCUT2D eigenvalue weighted by molar-refractivity contribution is -0.137. The van der Waals surface area contributed by atoms with Crippen molar-refractivity contribution in [1.29, 1.82) is 0 Å². The predicted octanol–water partition coefficient (Wildman–Crippen LogP) is 5.39. The number of nitrogens with zero attached hydrogens (tertiary/aromatic N) is 6. The molecule has 2 aromatic heterocycles. The number of imidazole rings is 1. The quantitative estimate of drug-likeness (QED) is 0.203. The average Bonchev–Trinajstić information content (AvgIpc) is 3.84. The van der Waals surface area contributed by atoms with Crippen molar-refractivity contribution in [2.45, 2.75) is 89.6 Å². The summed E-state index contributed by atoms with van der Waals surface area (Å²) in [4.78, 5) is 79.3. The minimum Gasteiger partial charge on any atom is -0.489 e. The maximum atomic E-state index is 13.7. The lowest BCUT2D eigenvalue weighted by Gasteiger charge is -2.33. The standard InChI is InChI=1S/C48H49N7O7/c1-29(56)52-19-20-54-42(28-52)45(51-46(54)31-16-21-61-22-17-31)36-8-2-5-32-23-40(49-25-38(32)36)30-10-12-34(13-11-30)62-35-7-4-18-53(26-35)44(58)24-33-6-3-9-37-39(33)27-55(48(37)60)41-14-15-43(57)50-47(41)59/h2-3,5-6,8-13,23,25,31,35,41H,4,7,14-22,24,26-28H2,1H3,(H,50,57,59)/t35-,41?/m1/s1. The number of hydrogen-bond acceptors (Lipinski definition) is 9. The number of fused-ring (bicyclic) bond motifs is 3. The van der Waals surface area contributed by atoms with E-state index in [0.717, 1.165) is 101 Å². The molecule has 0 radical (unpaired) electrons. The monoisotopic (exact) mass is 835 g/mol. The molecule has 5 aromatic rings. The van der Waals surface area contributed by atoms with E-state index in [4.69, 9.17) is 19.4 Å². The van der Waals surface area contributed by atoms with Crippen LogP contribution in [0.3, 0.4) is 0 Å². The Kier molecular flexibility index (Phi) is 10.5. The molecule has 0 saturated carbocycles. The van der Waals surface area contributed by atoms with E-state index in [1.807, 2.05) is 46.3 Å². The summed E-state index contributed by atoms with van der Waals surface area (Å²) in [5.41, 5.74) is 6.83. The van der Waals surface area contributed by atoms with Gasteiger partial charge in [-0.15, -0.1) is 0 Å². The number of pyridine rings is 1. The van der Waals surface area contributed by atoms with Crippen molar-refractivity contribution in [3.63, 3.8) is 0 Å². The highest BCUT2D eigenvalue weighted by atomic mass is 16.5. The van der Waals surface area contributed by atoms with Gasteiger partial charge in [-0.3, -0.25) is 34.3 Å². The van der Waals surface area contributed by atoms with Gasteiger partial charge in [0.1, 0.15) is 23.7 Å². The van der Waals surface area contributed by atoms with Crippen LogP contribution >= 0.6 is 0 Å². The Hall–Kier alpha value is -6.41. The fourth-order valence-electron chi connectivity index (χ4n) is 9.93. The van der Waals surface area contributed by atoms with Gasteiger partial charge >= 0.3 is 0 Å². The number of carbonyl (C=O) groups is 5. The highest BCUT2D eigenvalue weighted by molar-refractivity contribution is 6.05. The Labute approximate surface area is 359 Å². The molecule has 14 nitrogen and oxygen atoms in total. The fourth-order valence-corrected chi connectivity index (χ4v) is 9.93. The molecule has 5 aliphatic rings. The Morgan fingerprint density at radius 2 is 1.69 bits per heavy atom. The number of piperidine rings is 2. The normalized spacial score (nSPS) is 20.6. The second-order valence-electron chi connectivity index (χ2n) is 17.1. The minimum absolute atomic E-state index is 0.0370.